The van der Waals surface area contributed by atoms with Crippen LogP contribution in [0.2, 0.25) is 0 Å². The van der Waals surface area contributed by atoms with Crippen molar-refractivity contribution in [1.82, 2.24) is 10.6 Å². The molecule has 1 aliphatic heterocycles. The third-order valence-corrected chi connectivity index (χ3v) is 3.98. The van der Waals surface area contributed by atoms with Gasteiger partial charge < -0.3 is 10.6 Å². The van der Waals surface area contributed by atoms with Gasteiger partial charge in [-0.1, -0.05) is 6.07 Å². The van der Waals surface area contributed by atoms with Crippen LogP contribution in [0.3, 0.4) is 0 Å². The molecule has 0 saturated heterocycles. The summed E-state index contributed by atoms with van der Waals surface area (Å²) in [7, 11) is 0. The van der Waals surface area contributed by atoms with Crippen LogP contribution >= 0.6 is 11.8 Å². The Labute approximate surface area is 113 Å². The minimum absolute atomic E-state index is 0.0323. The van der Waals surface area contributed by atoms with Crippen LogP contribution in [0.5, 0.6) is 0 Å². The molecule has 0 radical (unpaired) electrons. The van der Waals surface area contributed by atoms with Crippen molar-refractivity contribution in [3.05, 3.63) is 34.9 Å². The lowest BCUT2D eigenvalue weighted by Crippen LogP contribution is -2.34. The van der Waals surface area contributed by atoms with E-state index in [1.54, 1.807) is 11.8 Å². The highest BCUT2D eigenvalue weighted by Gasteiger charge is 2.13. The molecule has 0 fully saturated rings. The molecule has 0 aliphatic carbocycles. The van der Waals surface area contributed by atoms with E-state index in [1.165, 1.54) is 11.1 Å². The van der Waals surface area contributed by atoms with Gasteiger partial charge >= 0.3 is 0 Å². The number of benzene rings is 1. The van der Waals surface area contributed by atoms with Gasteiger partial charge in [-0.3, -0.25) is 4.79 Å². The maximum absolute atomic E-state index is 12.1. The van der Waals surface area contributed by atoms with Crippen LogP contribution in [0.1, 0.15) is 28.4 Å². The van der Waals surface area contributed by atoms with Crippen molar-refractivity contribution in [3.63, 3.8) is 0 Å². The Morgan fingerprint density at radius 2 is 2.33 bits per heavy atom. The Kier molecular flexibility index (Phi) is 4.66. The fourth-order valence-corrected chi connectivity index (χ4v) is 2.80. The van der Waals surface area contributed by atoms with Crippen LogP contribution in [-0.2, 0) is 13.0 Å². The predicted molar refractivity (Wildman–Crippen MR) is 77.2 cm³/mol. The zero-order valence-corrected chi connectivity index (χ0v) is 11.8. The van der Waals surface area contributed by atoms with Crippen LogP contribution in [-0.4, -0.2) is 30.5 Å². The van der Waals surface area contributed by atoms with Gasteiger partial charge in [-0.2, -0.15) is 11.8 Å². The van der Waals surface area contributed by atoms with E-state index in [-0.39, 0.29) is 11.9 Å². The van der Waals surface area contributed by atoms with Crippen molar-refractivity contribution in [3.8, 4) is 0 Å². The van der Waals surface area contributed by atoms with Crippen LogP contribution < -0.4 is 10.6 Å². The molecule has 1 amide bonds. The minimum atomic E-state index is 0.0323. The molecule has 0 aromatic heterocycles. The molecule has 0 saturated carbocycles. The largest absolute Gasteiger partial charge is 0.349 e. The molecule has 0 spiro atoms. The van der Waals surface area contributed by atoms with E-state index < -0.39 is 0 Å². The molecule has 1 aliphatic rings. The Bertz CT molecular complexity index is 434. The van der Waals surface area contributed by atoms with Crippen LogP contribution in [0.4, 0.5) is 0 Å². The van der Waals surface area contributed by atoms with E-state index >= 15 is 0 Å². The van der Waals surface area contributed by atoms with Crippen molar-refractivity contribution >= 4 is 17.7 Å². The first-order valence-electron chi connectivity index (χ1n) is 6.33. The number of hydrogen-bond donors (Lipinski definition) is 2. The smallest absolute Gasteiger partial charge is 0.251 e. The fourth-order valence-electron chi connectivity index (χ4n) is 2.22. The molecular weight excluding hydrogens is 244 g/mol. The molecular formula is C14H20N2OS. The monoisotopic (exact) mass is 264 g/mol. The summed E-state index contributed by atoms with van der Waals surface area (Å²) in [6.45, 7) is 3.94. The highest BCUT2D eigenvalue weighted by atomic mass is 32.2. The number of carbonyl (C=O) groups excluding carboxylic acids is 1. The summed E-state index contributed by atoms with van der Waals surface area (Å²) in [5.41, 5.74) is 3.39. The number of carbonyl (C=O) groups is 1. The summed E-state index contributed by atoms with van der Waals surface area (Å²) < 4.78 is 0. The minimum Gasteiger partial charge on any atom is -0.349 e. The standard InChI is InChI=1S/C14H20N2OS/c1-10(9-18-2)16-14(17)12-4-3-11-5-6-15-8-13(11)7-12/h3-4,7,10,15H,5-6,8-9H2,1-2H3,(H,16,17). The highest BCUT2D eigenvalue weighted by Crippen LogP contribution is 2.16. The summed E-state index contributed by atoms with van der Waals surface area (Å²) in [6, 6.07) is 6.25. The first-order valence-corrected chi connectivity index (χ1v) is 7.72. The molecule has 0 bridgehead atoms. The lowest BCUT2D eigenvalue weighted by Gasteiger charge is -2.18. The third-order valence-electron chi connectivity index (χ3n) is 3.15. The first-order chi connectivity index (χ1) is 8.70. The summed E-state index contributed by atoms with van der Waals surface area (Å²) in [5.74, 6) is 0.975. The normalized spacial score (nSPS) is 15.9. The first kappa shape index (κ1) is 13.4. The zero-order valence-electron chi connectivity index (χ0n) is 11.0. The molecule has 18 heavy (non-hydrogen) atoms. The number of thioether (sulfide) groups is 1. The van der Waals surface area contributed by atoms with E-state index in [2.05, 4.69) is 16.7 Å². The number of amides is 1. The molecule has 1 aromatic rings. The van der Waals surface area contributed by atoms with Gasteiger partial charge in [0.05, 0.1) is 0 Å². The van der Waals surface area contributed by atoms with Gasteiger partial charge in [0, 0.05) is 23.9 Å². The van der Waals surface area contributed by atoms with E-state index in [0.29, 0.717) is 0 Å². The highest BCUT2D eigenvalue weighted by molar-refractivity contribution is 7.98. The fraction of sp³-hybridized carbons (Fsp3) is 0.500. The average Bonchev–Trinajstić information content (AvgIpc) is 2.38. The van der Waals surface area contributed by atoms with Crippen molar-refractivity contribution < 1.29 is 4.79 Å². The number of nitrogens with one attached hydrogen (secondary N) is 2. The zero-order chi connectivity index (χ0) is 13.0. The summed E-state index contributed by atoms with van der Waals surface area (Å²) in [6.07, 6.45) is 3.10. The van der Waals surface area contributed by atoms with E-state index in [4.69, 9.17) is 0 Å². The Hall–Kier alpha value is -1.00. The molecule has 98 valence electrons. The van der Waals surface area contributed by atoms with Gasteiger partial charge in [-0.15, -0.1) is 0 Å². The summed E-state index contributed by atoms with van der Waals surface area (Å²) in [5, 5.41) is 6.36. The maximum atomic E-state index is 12.1. The van der Waals surface area contributed by atoms with Crippen LogP contribution in [0.25, 0.3) is 0 Å². The van der Waals surface area contributed by atoms with Crippen LogP contribution in [0.15, 0.2) is 18.2 Å². The Morgan fingerprint density at radius 3 is 3.11 bits per heavy atom. The molecule has 1 unspecified atom stereocenters. The number of fused-ring (bicyclic) bond motifs is 1. The molecule has 4 heteroatoms. The van der Waals surface area contributed by atoms with E-state index in [1.807, 2.05) is 25.3 Å². The lowest BCUT2D eigenvalue weighted by atomic mass is 9.98. The molecule has 2 N–H and O–H groups in total. The number of rotatable bonds is 4. The van der Waals surface area contributed by atoms with Gasteiger partial charge in [-0.05, 0) is 49.4 Å². The van der Waals surface area contributed by atoms with Gasteiger partial charge in [-0.25, -0.2) is 0 Å². The van der Waals surface area contributed by atoms with Crippen molar-refractivity contribution in [2.24, 2.45) is 0 Å². The van der Waals surface area contributed by atoms with Gasteiger partial charge in [0.25, 0.3) is 5.91 Å². The Balaban J connectivity index is 2.06. The predicted octanol–water partition coefficient (Wildman–Crippen LogP) is 1.81. The van der Waals surface area contributed by atoms with Gasteiger partial charge in [0.15, 0.2) is 0 Å². The maximum Gasteiger partial charge on any atom is 0.251 e. The quantitative estimate of drug-likeness (QED) is 0.871. The average molecular weight is 264 g/mol. The van der Waals surface area contributed by atoms with Crippen molar-refractivity contribution in [2.45, 2.75) is 25.9 Å². The second-order valence-corrected chi connectivity index (χ2v) is 5.65. The summed E-state index contributed by atoms with van der Waals surface area (Å²) in [4.78, 5) is 12.1. The molecule has 1 atom stereocenters. The van der Waals surface area contributed by atoms with E-state index in [0.717, 1.165) is 30.8 Å². The van der Waals surface area contributed by atoms with E-state index in [9.17, 15) is 4.79 Å². The van der Waals surface area contributed by atoms with Crippen LogP contribution in [0, 0.1) is 0 Å². The van der Waals surface area contributed by atoms with Gasteiger partial charge in [0.2, 0.25) is 0 Å². The molecule has 1 aromatic carbocycles. The topological polar surface area (TPSA) is 41.1 Å². The lowest BCUT2D eigenvalue weighted by molar-refractivity contribution is 0.0943. The Morgan fingerprint density at radius 1 is 1.50 bits per heavy atom. The van der Waals surface area contributed by atoms with Crippen molar-refractivity contribution in [1.29, 1.82) is 0 Å². The van der Waals surface area contributed by atoms with Crippen molar-refractivity contribution in [2.75, 3.05) is 18.6 Å². The number of hydrogen-bond acceptors (Lipinski definition) is 3. The second kappa shape index (κ2) is 6.25. The summed E-state index contributed by atoms with van der Waals surface area (Å²) >= 11 is 1.75. The molecule has 2 rings (SSSR count). The second-order valence-electron chi connectivity index (χ2n) is 4.74. The molecule has 3 nitrogen and oxygen atoms in total. The SMILES string of the molecule is CSCC(C)NC(=O)c1ccc2c(c1)CNCC2. The third kappa shape index (κ3) is 3.27. The molecule has 1 heterocycles. The van der Waals surface area contributed by atoms with Gasteiger partial charge in [0.1, 0.15) is 0 Å².